The summed E-state index contributed by atoms with van der Waals surface area (Å²) in [6.07, 6.45) is 11.5. The molecular formula is C30H42O4. The quantitative estimate of drug-likeness (QED) is 0.486. The van der Waals surface area contributed by atoms with Gasteiger partial charge < -0.3 is 9.84 Å². The highest BCUT2D eigenvalue weighted by Crippen LogP contribution is 2.69. The third kappa shape index (κ3) is 2.99. The number of Topliss-reactive ketones (excluding diaryl/α,β-unsaturated/α-hetero) is 1. The monoisotopic (exact) mass is 466 g/mol. The summed E-state index contributed by atoms with van der Waals surface area (Å²) in [4.78, 5) is 24.7. The molecule has 5 rings (SSSR count). The SMILES string of the molecule is CC1=CC(O)(CC(C)C2(C)CC=C3C4=C(CCC32C)C2(C)CCC(=O)C(C)(C)C2CC4)OC1=O. The molecule has 0 aromatic heterocycles. The van der Waals surface area contributed by atoms with Gasteiger partial charge in [0.2, 0.25) is 5.79 Å². The molecule has 5 aliphatic rings. The summed E-state index contributed by atoms with van der Waals surface area (Å²) >= 11 is 0. The van der Waals surface area contributed by atoms with Gasteiger partial charge in [0, 0.05) is 23.8 Å². The number of allylic oxidation sites excluding steroid dienone is 4. The molecule has 1 saturated carbocycles. The maximum atomic E-state index is 12.8. The van der Waals surface area contributed by atoms with Crippen molar-refractivity contribution in [1.29, 1.82) is 0 Å². The fourth-order valence-corrected chi connectivity index (χ4v) is 8.92. The molecule has 1 fully saturated rings. The average Bonchev–Trinajstić information content (AvgIpc) is 3.17. The van der Waals surface area contributed by atoms with E-state index in [-0.39, 0.29) is 27.6 Å². The van der Waals surface area contributed by atoms with Gasteiger partial charge in [-0.1, -0.05) is 53.2 Å². The number of ether oxygens (including phenoxy) is 1. The zero-order chi connectivity index (χ0) is 24.9. The highest BCUT2D eigenvalue weighted by Gasteiger charge is 2.60. The van der Waals surface area contributed by atoms with Crippen LogP contribution in [-0.2, 0) is 14.3 Å². The average molecular weight is 467 g/mol. The van der Waals surface area contributed by atoms with Gasteiger partial charge in [0.05, 0.1) is 0 Å². The lowest BCUT2D eigenvalue weighted by Crippen LogP contribution is -2.52. The Hall–Kier alpha value is -1.68. The van der Waals surface area contributed by atoms with Crippen molar-refractivity contribution in [2.75, 3.05) is 0 Å². The van der Waals surface area contributed by atoms with Gasteiger partial charge in [-0.3, -0.25) is 4.79 Å². The molecule has 4 heteroatoms. The molecule has 0 spiro atoms. The van der Waals surface area contributed by atoms with E-state index in [9.17, 15) is 14.7 Å². The Morgan fingerprint density at radius 1 is 1.09 bits per heavy atom. The number of aliphatic hydroxyl groups is 1. The van der Waals surface area contributed by atoms with Crippen LogP contribution in [0.2, 0.25) is 0 Å². The number of fused-ring (bicyclic) bond motifs is 4. The van der Waals surface area contributed by atoms with Gasteiger partial charge in [-0.2, -0.15) is 0 Å². The fourth-order valence-electron chi connectivity index (χ4n) is 8.92. The number of hydrogen-bond donors (Lipinski definition) is 1. The summed E-state index contributed by atoms with van der Waals surface area (Å²) in [6.45, 7) is 15.5. The third-order valence-electron chi connectivity index (χ3n) is 11.5. The number of hydrogen-bond acceptors (Lipinski definition) is 4. The van der Waals surface area contributed by atoms with Crippen LogP contribution in [0.15, 0.2) is 34.4 Å². The van der Waals surface area contributed by atoms with E-state index < -0.39 is 11.8 Å². The summed E-state index contributed by atoms with van der Waals surface area (Å²) in [7, 11) is 0. The Bertz CT molecular complexity index is 1060. The Labute approximate surface area is 204 Å². The number of ketones is 1. The van der Waals surface area contributed by atoms with Crippen LogP contribution < -0.4 is 0 Å². The van der Waals surface area contributed by atoms with Crippen molar-refractivity contribution in [3.05, 3.63) is 34.4 Å². The first-order chi connectivity index (χ1) is 15.7. The third-order valence-corrected chi connectivity index (χ3v) is 11.5. The van der Waals surface area contributed by atoms with Crippen LogP contribution in [0.1, 0.15) is 99.8 Å². The van der Waals surface area contributed by atoms with Crippen molar-refractivity contribution in [3.8, 4) is 0 Å². The van der Waals surface area contributed by atoms with E-state index in [0.717, 1.165) is 38.5 Å². The second kappa shape index (κ2) is 7.18. The molecule has 0 amide bonds. The van der Waals surface area contributed by atoms with Crippen LogP contribution in [0, 0.1) is 33.5 Å². The van der Waals surface area contributed by atoms with Crippen LogP contribution in [0.4, 0.5) is 0 Å². The molecule has 1 N–H and O–H groups in total. The van der Waals surface area contributed by atoms with E-state index in [1.54, 1.807) is 24.1 Å². The highest BCUT2D eigenvalue weighted by atomic mass is 16.7. The lowest BCUT2D eigenvalue weighted by atomic mass is 9.45. The topological polar surface area (TPSA) is 63.6 Å². The van der Waals surface area contributed by atoms with E-state index in [0.29, 0.717) is 30.1 Å². The molecule has 1 heterocycles. The van der Waals surface area contributed by atoms with Crippen molar-refractivity contribution in [3.63, 3.8) is 0 Å². The first kappa shape index (κ1) is 24.0. The van der Waals surface area contributed by atoms with E-state index >= 15 is 0 Å². The van der Waals surface area contributed by atoms with Gasteiger partial charge in [-0.05, 0) is 90.8 Å². The minimum absolute atomic E-state index is 0.0209. The maximum absolute atomic E-state index is 12.8. The smallest absolute Gasteiger partial charge is 0.336 e. The van der Waals surface area contributed by atoms with Crippen molar-refractivity contribution in [2.24, 2.45) is 33.5 Å². The Balaban J connectivity index is 1.46. The zero-order valence-electron chi connectivity index (χ0n) is 22.1. The maximum Gasteiger partial charge on any atom is 0.336 e. The zero-order valence-corrected chi connectivity index (χ0v) is 22.1. The lowest BCUT2D eigenvalue weighted by Gasteiger charge is -2.58. The molecule has 0 radical (unpaired) electrons. The minimum Gasteiger partial charge on any atom is -0.426 e. The molecule has 0 saturated heterocycles. The summed E-state index contributed by atoms with van der Waals surface area (Å²) in [5.74, 6) is -0.865. The number of carbonyl (C=O) groups is 2. The van der Waals surface area contributed by atoms with Gasteiger partial charge in [-0.15, -0.1) is 0 Å². The number of carbonyl (C=O) groups excluding carboxylic acids is 2. The molecule has 186 valence electrons. The van der Waals surface area contributed by atoms with E-state index in [4.69, 9.17) is 4.74 Å². The summed E-state index contributed by atoms with van der Waals surface area (Å²) in [5.41, 5.74) is 5.12. The molecule has 0 aromatic rings. The van der Waals surface area contributed by atoms with Crippen LogP contribution in [0.25, 0.3) is 0 Å². The van der Waals surface area contributed by atoms with Crippen LogP contribution >= 0.6 is 0 Å². The highest BCUT2D eigenvalue weighted by molar-refractivity contribution is 5.90. The lowest BCUT2D eigenvalue weighted by molar-refractivity contribution is -0.187. The molecule has 0 bridgehead atoms. The molecule has 34 heavy (non-hydrogen) atoms. The minimum atomic E-state index is -1.49. The number of cyclic esters (lactones) is 1. The fraction of sp³-hybridized carbons (Fsp3) is 0.733. The Kier molecular flexibility index (Phi) is 5.08. The van der Waals surface area contributed by atoms with E-state index in [2.05, 4.69) is 47.6 Å². The molecule has 4 nitrogen and oxygen atoms in total. The van der Waals surface area contributed by atoms with Gasteiger partial charge >= 0.3 is 5.97 Å². The Morgan fingerprint density at radius 2 is 1.79 bits per heavy atom. The standard InChI is InChI=1S/C30H42O4/c1-18-16-30(33,34-25(18)32)17-19(2)28(6)14-11-22-20-8-9-23-26(3,4)24(31)12-13-27(23,5)21(20)10-15-29(22,28)7/h11,16,19,23,33H,8-10,12-15,17H2,1-7H3. The van der Waals surface area contributed by atoms with Crippen molar-refractivity contribution >= 4 is 11.8 Å². The number of rotatable bonds is 3. The summed E-state index contributed by atoms with van der Waals surface area (Å²) in [5, 5.41) is 11.0. The first-order valence-corrected chi connectivity index (χ1v) is 13.3. The predicted octanol–water partition coefficient (Wildman–Crippen LogP) is 6.44. The second-order valence-corrected chi connectivity index (χ2v) is 13.3. The van der Waals surface area contributed by atoms with Crippen LogP contribution in [0.5, 0.6) is 0 Å². The second-order valence-electron chi connectivity index (χ2n) is 13.3. The van der Waals surface area contributed by atoms with Crippen molar-refractivity contribution in [1.82, 2.24) is 0 Å². The van der Waals surface area contributed by atoms with Gasteiger partial charge in [0.1, 0.15) is 5.78 Å². The Morgan fingerprint density at radius 3 is 2.44 bits per heavy atom. The first-order valence-electron chi connectivity index (χ1n) is 13.3. The summed E-state index contributed by atoms with van der Waals surface area (Å²) < 4.78 is 5.36. The molecule has 4 aliphatic carbocycles. The van der Waals surface area contributed by atoms with E-state index in [1.807, 2.05) is 0 Å². The molecule has 0 aromatic carbocycles. The van der Waals surface area contributed by atoms with Crippen molar-refractivity contribution in [2.45, 2.75) is 106 Å². The number of esters is 1. The van der Waals surface area contributed by atoms with Gasteiger partial charge in [0.15, 0.2) is 0 Å². The summed E-state index contributed by atoms with van der Waals surface area (Å²) in [6, 6.07) is 0. The van der Waals surface area contributed by atoms with Crippen LogP contribution in [0.3, 0.4) is 0 Å². The normalized spacial score (nSPS) is 44.1. The molecule has 1 aliphatic heterocycles. The molecule has 6 atom stereocenters. The molecular weight excluding hydrogens is 424 g/mol. The van der Waals surface area contributed by atoms with Crippen LogP contribution in [-0.4, -0.2) is 22.6 Å². The largest absolute Gasteiger partial charge is 0.426 e. The molecule has 6 unspecified atom stereocenters. The predicted molar refractivity (Wildman–Crippen MR) is 133 cm³/mol. The van der Waals surface area contributed by atoms with E-state index in [1.165, 1.54) is 5.57 Å². The van der Waals surface area contributed by atoms with Gasteiger partial charge in [-0.25, -0.2) is 4.79 Å². The van der Waals surface area contributed by atoms with Crippen molar-refractivity contribution < 1.29 is 19.4 Å². The van der Waals surface area contributed by atoms with Gasteiger partial charge in [0.25, 0.3) is 0 Å².